The van der Waals surface area contributed by atoms with Crippen molar-refractivity contribution < 1.29 is 9.53 Å². The van der Waals surface area contributed by atoms with E-state index >= 15 is 0 Å². The van der Waals surface area contributed by atoms with Crippen molar-refractivity contribution in [2.75, 3.05) is 26.2 Å². The number of hydrogen-bond acceptors (Lipinski definition) is 4. The molecular weight excluding hydrogens is 252 g/mol. The standard InChI is InChI=1S/C16H22N2O2/c1-13-11-15(16(19)20-13)18-9-7-17(8-10-18)12-14-5-3-2-4-6-14/h2-6,13,15H,7-12H2,1H3. The Morgan fingerprint density at radius 3 is 2.45 bits per heavy atom. The summed E-state index contributed by atoms with van der Waals surface area (Å²) in [5.74, 6) is -0.0333. The van der Waals surface area contributed by atoms with Gasteiger partial charge < -0.3 is 4.74 Å². The maximum absolute atomic E-state index is 11.8. The normalized spacial score (nSPS) is 28.6. The molecule has 2 fully saturated rings. The Balaban J connectivity index is 1.51. The van der Waals surface area contributed by atoms with E-state index < -0.39 is 0 Å². The van der Waals surface area contributed by atoms with Gasteiger partial charge in [0.15, 0.2) is 0 Å². The van der Waals surface area contributed by atoms with Crippen molar-refractivity contribution in [3.8, 4) is 0 Å². The highest BCUT2D eigenvalue weighted by Crippen LogP contribution is 2.21. The molecule has 4 nitrogen and oxygen atoms in total. The predicted octanol–water partition coefficient (Wildman–Crippen LogP) is 1.51. The summed E-state index contributed by atoms with van der Waals surface area (Å²) in [5, 5.41) is 0. The molecule has 2 aliphatic rings. The van der Waals surface area contributed by atoms with E-state index in [0.29, 0.717) is 0 Å². The highest BCUT2D eigenvalue weighted by molar-refractivity contribution is 5.78. The fourth-order valence-corrected chi connectivity index (χ4v) is 3.11. The lowest BCUT2D eigenvalue weighted by atomic mass is 10.1. The van der Waals surface area contributed by atoms with Gasteiger partial charge in [0, 0.05) is 39.1 Å². The third-order valence-corrected chi connectivity index (χ3v) is 4.24. The molecule has 2 unspecified atom stereocenters. The van der Waals surface area contributed by atoms with Crippen LogP contribution in [0.15, 0.2) is 30.3 Å². The Hall–Kier alpha value is -1.39. The van der Waals surface area contributed by atoms with Gasteiger partial charge in [-0.25, -0.2) is 0 Å². The molecule has 3 rings (SSSR count). The van der Waals surface area contributed by atoms with Crippen molar-refractivity contribution in [1.82, 2.24) is 9.80 Å². The van der Waals surface area contributed by atoms with Gasteiger partial charge in [0.1, 0.15) is 12.1 Å². The van der Waals surface area contributed by atoms with E-state index in [1.54, 1.807) is 0 Å². The van der Waals surface area contributed by atoms with Crippen LogP contribution in [0.25, 0.3) is 0 Å². The van der Waals surface area contributed by atoms with Gasteiger partial charge in [0.25, 0.3) is 0 Å². The molecule has 0 bridgehead atoms. The number of benzene rings is 1. The highest BCUT2D eigenvalue weighted by Gasteiger charge is 2.37. The molecule has 108 valence electrons. The van der Waals surface area contributed by atoms with E-state index in [9.17, 15) is 4.79 Å². The van der Waals surface area contributed by atoms with E-state index in [2.05, 4.69) is 34.1 Å². The summed E-state index contributed by atoms with van der Waals surface area (Å²) in [4.78, 5) is 16.5. The molecule has 0 N–H and O–H groups in total. The minimum atomic E-state index is -0.0333. The number of esters is 1. The van der Waals surface area contributed by atoms with Crippen LogP contribution in [0.5, 0.6) is 0 Å². The minimum Gasteiger partial charge on any atom is -0.461 e. The number of carbonyl (C=O) groups is 1. The molecule has 0 spiro atoms. The first-order valence-corrected chi connectivity index (χ1v) is 7.43. The molecule has 4 heteroatoms. The third kappa shape index (κ3) is 3.02. The maximum atomic E-state index is 11.8. The summed E-state index contributed by atoms with van der Waals surface area (Å²) in [5.41, 5.74) is 1.36. The number of ether oxygens (including phenoxy) is 1. The molecule has 0 aliphatic carbocycles. The topological polar surface area (TPSA) is 32.8 Å². The Kier molecular flexibility index (Phi) is 4.03. The van der Waals surface area contributed by atoms with Crippen molar-refractivity contribution >= 4 is 5.97 Å². The summed E-state index contributed by atoms with van der Waals surface area (Å²) < 4.78 is 5.26. The lowest BCUT2D eigenvalue weighted by Gasteiger charge is -2.36. The Labute approximate surface area is 120 Å². The van der Waals surface area contributed by atoms with Gasteiger partial charge in [-0.3, -0.25) is 14.6 Å². The smallest absolute Gasteiger partial charge is 0.323 e. The second-order valence-corrected chi connectivity index (χ2v) is 5.80. The summed E-state index contributed by atoms with van der Waals surface area (Å²) in [7, 11) is 0. The van der Waals surface area contributed by atoms with Crippen LogP contribution in [0, 0.1) is 0 Å². The fourth-order valence-electron chi connectivity index (χ4n) is 3.11. The maximum Gasteiger partial charge on any atom is 0.323 e. The first kappa shape index (κ1) is 13.6. The number of rotatable bonds is 3. The van der Waals surface area contributed by atoms with E-state index in [1.807, 2.05) is 13.0 Å². The zero-order valence-electron chi connectivity index (χ0n) is 12.0. The van der Waals surface area contributed by atoms with Gasteiger partial charge in [-0.05, 0) is 12.5 Å². The molecule has 2 aliphatic heterocycles. The van der Waals surface area contributed by atoms with Crippen LogP contribution in [0.2, 0.25) is 0 Å². The van der Waals surface area contributed by atoms with Gasteiger partial charge in [0.2, 0.25) is 0 Å². The molecule has 20 heavy (non-hydrogen) atoms. The van der Waals surface area contributed by atoms with Crippen LogP contribution >= 0.6 is 0 Å². The van der Waals surface area contributed by atoms with E-state index in [4.69, 9.17) is 4.74 Å². The summed E-state index contributed by atoms with van der Waals surface area (Å²) in [6.45, 7) is 6.93. The van der Waals surface area contributed by atoms with E-state index in [-0.39, 0.29) is 18.1 Å². The van der Waals surface area contributed by atoms with Crippen LogP contribution in [-0.2, 0) is 16.1 Å². The molecule has 2 atom stereocenters. The zero-order chi connectivity index (χ0) is 13.9. The zero-order valence-corrected chi connectivity index (χ0v) is 12.0. The number of carbonyl (C=O) groups excluding carboxylic acids is 1. The number of hydrogen-bond donors (Lipinski definition) is 0. The van der Waals surface area contributed by atoms with E-state index in [1.165, 1.54) is 5.56 Å². The molecular formula is C16H22N2O2. The first-order chi connectivity index (χ1) is 9.72. The van der Waals surface area contributed by atoms with Crippen molar-refractivity contribution in [1.29, 1.82) is 0 Å². The average Bonchev–Trinajstić information content (AvgIpc) is 2.80. The monoisotopic (exact) mass is 274 g/mol. The molecule has 1 aromatic carbocycles. The van der Waals surface area contributed by atoms with Crippen LogP contribution in [0.4, 0.5) is 0 Å². The quantitative estimate of drug-likeness (QED) is 0.782. The number of nitrogens with zero attached hydrogens (tertiary/aromatic N) is 2. The van der Waals surface area contributed by atoms with Gasteiger partial charge in [-0.1, -0.05) is 30.3 Å². The van der Waals surface area contributed by atoms with Crippen molar-refractivity contribution in [3.63, 3.8) is 0 Å². The Bertz CT molecular complexity index is 455. The van der Waals surface area contributed by atoms with Crippen LogP contribution < -0.4 is 0 Å². The Morgan fingerprint density at radius 1 is 1.15 bits per heavy atom. The van der Waals surface area contributed by atoms with Crippen molar-refractivity contribution in [2.24, 2.45) is 0 Å². The molecule has 0 aromatic heterocycles. The molecule has 2 heterocycles. The number of cyclic esters (lactones) is 1. The van der Waals surface area contributed by atoms with Gasteiger partial charge in [-0.15, -0.1) is 0 Å². The second kappa shape index (κ2) is 5.94. The Morgan fingerprint density at radius 2 is 1.85 bits per heavy atom. The van der Waals surface area contributed by atoms with Crippen LogP contribution in [0.1, 0.15) is 18.9 Å². The molecule has 0 saturated carbocycles. The van der Waals surface area contributed by atoms with E-state index in [0.717, 1.165) is 39.1 Å². The summed E-state index contributed by atoms with van der Waals surface area (Å²) >= 11 is 0. The second-order valence-electron chi connectivity index (χ2n) is 5.80. The lowest BCUT2D eigenvalue weighted by Crippen LogP contribution is -2.51. The molecule has 0 amide bonds. The predicted molar refractivity (Wildman–Crippen MR) is 77.3 cm³/mol. The van der Waals surface area contributed by atoms with Gasteiger partial charge in [0.05, 0.1) is 0 Å². The lowest BCUT2D eigenvalue weighted by molar-refractivity contribution is -0.145. The molecule has 0 radical (unpaired) electrons. The van der Waals surface area contributed by atoms with Gasteiger partial charge in [-0.2, -0.15) is 0 Å². The average molecular weight is 274 g/mol. The van der Waals surface area contributed by atoms with Crippen molar-refractivity contribution in [3.05, 3.63) is 35.9 Å². The SMILES string of the molecule is CC1CC(N2CCN(Cc3ccccc3)CC2)C(=O)O1. The summed E-state index contributed by atoms with van der Waals surface area (Å²) in [6, 6.07) is 10.5. The summed E-state index contributed by atoms with van der Waals surface area (Å²) in [6.07, 6.45) is 0.923. The molecule has 1 aromatic rings. The largest absolute Gasteiger partial charge is 0.461 e. The first-order valence-electron chi connectivity index (χ1n) is 7.43. The van der Waals surface area contributed by atoms with Gasteiger partial charge >= 0.3 is 5.97 Å². The van der Waals surface area contributed by atoms with Crippen LogP contribution in [0.3, 0.4) is 0 Å². The fraction of sp³-hybridized carbons (Fsp3) is 0.562. The third-order valence-electron chi connectivity index (χ3n) is 4.24. The number of piperazine rings is 1. The highest BCUT2D eigenvalue weighted by atomic mass is 16.6. The molecule has 2 saturated heterocycles. The van der Waals surface area contributed by atoms with Crippen molar-refractivity contribution in [2.45, 2.75) is 32.0 Å². The van der Waals surface area contributed by atoms with Crippen LogP contribution in [-0.4, -0.2) is 54.1 Å². The minimum absolute atomic E-state index is 0.0103.